The lowest BCUT2D eigenvalue weighted by atomic mass is 9.99. The van der Waals surface area contributed by atoms with E-state index in [9.17, 15) is 22.4 Å². The predicted octanol–water partition coefficient (Wildman–Crippen LogP) is 5.19. The number of hydrogen-bond acceptors (Lipinski definition) is 4. The first kappa shape index (κ1) is 29.5. The molecule has 1 atom stereocenters. The van der Waals surface area contributed by atoms with Gasteiger partial charge in [0.15, 0.2) is 0 Å². The zero-order chi connectivity index (χ0) is 28.2. The van der Waals surface area contributed by atoms with Crippen LogP contribution in [0.25, 0.3) is 0 Å². The van der Waals surface area contributed by atoms with E-state index < -0.39 is 29.5 Å². The van der Waals surface area contributed by atoms with Gasteiger partial charge in [-0.2, -0.15) is 0 Å². The molecule has 2 aromatic rings. The highest BCUT2D eigenvalue weighted by Crippen LogP contribution is 2.32. The standard InChI is InChI=1S/C30H40F4N4O/c1-30(33,34)25-20-22(19-24(21-25)28(31)32)9-14-36(3)29(39)27(23-7-5-4-6-8-23)38-17-15-37(16-18-38)26-10-12-35(2)13-11-26/h4-8,19-21,26-28H,9-18H2,1-3H3. The largest absolute Gasteiger partial charge is 0.344 e. The van der Waals surface area contributed by atoms with Crippen molar-refractivity contribution < 1.29 is 22.4 Å². The SMILES string of the molecule is CN1CCC(N2CCN(C(C(=O)N(C)CCc3cc(C(F)F)cc(C(C)(F)F)c3)c3ccccc3)CC2)CC1. The van der Waals surface area contributed by atoms with E-state index in [4.69, 9.17) is 0 Å². The van der Waals surface area contributed by atoms with Gasteiger partial charge in [-0.1, -0.05) is 36.4 Å². The van der Waals surface area contributed by atoms with Crippen LogP contribution in [0.4, 0.5) is 17.6 Å². The molecule has 1 unspecified atom stereocenters. The van der Waals surface area contributed by atoms with Gasteiger partial charge >= 0.3 is 0 Å². The number of piperazine rings is 1. The Morgan fingerprint density at radius 3 is 2.21 bits per heavy atom. The molecule has 9 heteroatoms. The van der Waals surface area contributed by atoms with Crippen LogP contribution >= 0.6 is 0 Å². The summed E-state index contributed by atoms with van der Waals surface area (Å²) in [5, 5.41) is 0. The fourth-order valence-corrected chi connectivity index (χ4v) is 5.72. The summed E-state index contributed by atoms with van der Waals surface area (Å²) >= 11 is 0. The molecule has 39 heavy (non-hydrogen) atoms. The normalized spacial score (nSPS) is 19.4. The molecule has 4 rings (SSSR count). The van der Waals surface area contributed by atoms with E-state index in [1.807, 2.05) is 30.3 Å². The monoisotopic (exact) mass is 548 g/mol. The first-order valence-corrected chi connectivity index (χ1v) is 13.8. The first-order chi connectivity index (χ1) is 18.5. The lowest BCUT2D eigenvalue weighted by Gasteiger charge is -2.44. The summed E-state index contributed by atoms with van der Waals surface area (Å²) < 4.78 is 54.7. The van der Waals surface area contributed by atoms with E-state index in [1.165, 1.54) is 25.0 Å². The second-order valence-electron chi connectivity index (χ2n) is 11.1. The third-order valence-electron chi connectivity index (χ3n) is 8.15. The van der Waals surface area contributed by atoms with Crippen molar-refractivity contribution in [3.63, 3.8) is 0 Å². The van der Waals surface area contributed by atoms with E-state index >= 15 is 0 Å². The van der Waals surface area contributed by atoms with Crippen LogP contribution in [-0.2, 0) is 17.1 Å². The number of halogens is 4. The molecule has 2 aliphatic heterocycles. The molecular weight excluding hydrogens is 508 g/mol. The molecule has 5 nitrogen and oxygen atoms in total. The van der Waals surface area contributed by atoms with Gasteiger partial charge in [0.25, 0.3) is 12.3 Å². The van der Waals surface area contributed by atoms with Crippen molar-refractivity contribution in [2.24, 2.45) is 0 Å². The third kappa shape index (κ3) is 7.58. The summed E-state index contributed by atoms with van der Waals surface area (Å²) in [7, 11) is 3.85. The molecule has 0 saturated carbocycles. The molecule has 2 saturated heterocycles. The van der Waals surface area contributed by atoms with Crippen LogP contribution in [-0.4, -0.2) is 91.5 Å². The number of likely N-dealkylation sites (tertiary alicyclic amines) is 1. The molecule has 0 aromatic heterocycles. The van der Waals surface area contributed by atoms with E-state index in [0.717, 1.165) is 50.9 Å². The van der Waals surface area contributed by atoms with Crippen LogP contribution < -0.4 is 0 Å². The Balaban J connectivity index is 1.45. The maximum absolute atomic E-state index is 13.9. The molecule has 0 spiro atoms. The fourth-order valence-electron chi connectivity index (χ4n) is 5.72. The highest BCUT2D eigenvalue weighted by atomic mass is 19.3. The molecule has 2 aliphatic rings. The number of benzene rings is 2. The molecule has 1 amide bonds. The summed E-state index contributed by atoms with van der Waals surface area (Å²) in [6.45, 7) is 6.52. The Kier molecular flexibility index (Phi) is 9.67. The van der Waals surface area contributed by atoms with Crippen LogP contribution in [0.3, 0.4) is 0 Å². The third-order valence-corrected chi connectivity index (χ3v) is 8.15. The number of carbonyl (C=O) groups is 1. The van der Waals surface area contributed by atoms with Gasteiger partial charge in [-0.3, -0.25) is 14.6 Å². The van der Waals surface area contributed by atoms with E-state index in [2.05, 4.69) is 21.7 Å². The molecule has 2 heterocycles. The predicted molar refractivity (Wildman–Crippen MR) is 145 cm³/mol. The number of likely N-dealkylation sites (N-methyl/N-ethyl adjacent to an activating group) is 1. The molecule has 2 fully saturated rings. The Bertz CT molecular complexity index is 1080. The van der Waals surface area contributed by atoms with Crippen LogP contribution in [0, 0.1) is 0 Å². The van der Waals surface area contributed by atoms with Gasteiger partial charge in [-0.05, 0) is 62.7 Å². The van der Waals surface area contributed by atoms with Crippen molar-refractivity contribution in [1.82, 2.24) is 19.6 Å². The Labute approximate surface area is 229 Å². The van der Waals surface area contributed by atoms with Crippen molar-refractivity contribution in [2.45, 2.75) is 50.6 Å². The maximum Gasteiger partial charge on any atom is 0.270 e. The molecule has 0 aliphatic carbocycles. The summed E-state index contributed by atoms with van der Waals surface area (Å²) in [5.74, 6) is -3.31. The summed E-state index contributed by atoms with van der Waals surface area (Å²) in [6, 6.07) is 13.2. The van der Waals surface area contributed by atoms with Crippen molar-refractivity contribution >= 4 is 5.91 Å². The van der Waals surface area contributed by atoms with Gasteiger partial charge < -0.3 is 9.80 Å². The fraction of sp³-hybridized carbons (Fsp3) is 0.567. The zero-order valence-electron chi connectivity index (χ0n) is 23.1. The van der Waals surface area contributed by atoms with Gasteiger partial charge in [0.2, 0.25) is 5.91 Å². The number of hydrogen-bond donors (Lipinski definition) is 0. The average molecular weight is 549 g/mol. The Morgan fingerprint density at radius 1 is 0.974 bits per heavy atom. The van der Waals surface area contributed by atoms with Crippen molar-refractivity contribution in [3.05, 3.63) is 70.8 Å². The average Bonchev–Trinajstić information content (AvgIpc) is 2.92. The summed E-state index contributed by atoms with van der Waals surface area (Å²) in [5.41, 5.74) is 0.415. The quantitative estimate of drug-likeness (QED) is 0.404. The lowest BCUT2D eigenvalue weighted by molar-refractivity contribution is -0.137. The maximum atomic E-state index is 13.9. The molecule has 0 bridgehead atoms. The Hall–Kier alpha value is -2.49. The number of alkyl halides is 4. The van der Waals surface area contributed by atoms with Crippen LogP contribution in [0.1, 0.15) is 54.5 Å². The molecule has 214 valence electrons. The molecule has 0 radical (unpaired) electrons. The van der Waals surface area contributed by atoms with E-state index in [-0.39, 0.29) is 18.9 Å². The molecule has 0 N–H and O–H groups in total. The molecule has 2 aromatic carbocycles. The minimum atomic E-state index is -3.23. The minimum Gasteiger partial charge on any atom is -0.344 e. The Morgan fingerprint density at radius 2 is 1.62 bits per heavy atom. The minimum absolute atomic E-state index is 0.0833. The van der Waals surface area contributed by atoms with E-state index in [1.54, 1.807) is 11.9 Å². The van der Waals surface area contributed by atoms with Crippen molar-refractivity contribution in [2.75, 3.05) is 59.9 Å². The van der Waals surface area contributed by atoms with Crippen molar-refractivity contribution in [1.29, 1.82) is 0 Å². The smallest absolute Gasteiger partial charge is 0.270 e. The first-order valence-electron chi connectivity index (χ1n) is 13.8. The van der Waals surface area contributed by atoms with Crippen LogP contribution in [0.5, 0.6) is 0 Å². The number of piperidine rings is 1. The summed E-state index contributed by atoms with van der Waals surface area (Å²) in [6.07, 6.45) is -0.310. The molecular formula is C30H40F4N4O. The second kappa shape index (κ2) is 12.8. The van der Waals surface area contributed by atoms with Gasteiger partial charge in [-0.25, -0.2) is 17.6 Å². The highest BCUT2D eigenvalue weighted by molar-refractivity contribution is 5.83. The topological polar surface area (TPSA) is 30.0 Å². The number of carbonyl (C=O) groups excluding carboxylic acids is 1. The van der Waals surface area contributed by atoms with E-state index in [0.29, 0.717) is 18.5 Å². The van der Waals surface area contributed by atoms with Crippen LogP contribution in [0.2, 0.25) is 0 Å². The number of nitrogens with zero attached hydrogens (tertiary/aromatic N) is 4. The van der Waals surface area contributed by atoms with Crippen molar-refractivity contribution in [3.8, 4) is 0 Å². The summed E-state index contributed by atoms with van der Waals surface area (Å²) in [4.78, 5) is 22.6. The van der Waals surface area contributed by atoms with Gasteiger partial charge in [0.1, 0.15) is 6.04 Å². The number of amides is 1. The number of rotatable bonds is 9. The van der Waals surface area contributed by atoms with Gasteiger partial charge in [0, 0.05) is 63.9 Å². The lowest BCUT2D eigenvalue weighted by Crippen LogP contribution is -2.55. The zero-order valence-corrected chi connectivity index (χ0v) is 23.1. The highest BCUT2D eigenvalue weighted by Gasteiger charge is 2.34. The second-order valence-corrected chi connectivity index (χ2v) is 11.1. The van der Waals surface area contributed by atoms with Crippen LogP contribution in [0.15, 0.2) is 48.5 Å². The van der Waals surface area contributed by atoms with Gasteiger partial charge in [-0.15, -0.1) is 0 Å². The van der Waals surface area contributed by atoms with Gasteiger partial charge in [0.05, 0.1) is 0 Å².